The van der Waals surface area contributed by atoms with Crippen LogP contribution in [0.3, 0.4) is 0 Å². The lowest BCUT2D eigenvalue weighted by molar-refractivity contribution is 0.812. The van der Waals surface area contributed by atoms with Crippen LogP contribution in [0.25, 0.3) is 0 Å². The number of nitrogens with two attached hydrogens (primary N) is 1. The minimum Gasteiger partial charge on any atom is -0.383 e. The van der Waals surface area contributed by atoms with Gasteiger partial charge >= 0.3 is 5.69 Å². The molecule has 0 saturated carbocycles. The third-order valence-electron chi connectivity index (χ3n) is 2.59. The minimum absolute atomic E-state index is 0.109. The maximum atomic E-state index is 11.6. The van der Waals surface area contributed by atoms with Gasteiger partial charge in [0.05, 0.1) is 0 Å². The smallest absolute Gasteiger partial charge is 0.329 e. The van der Waals surface area contributed by atoms with Crippen LogP contribution in [0.2, 0.25) is 0 Å². The Hall–Kier alpha value is -2.57. The third-order valence-corrected chi connectivity index (χ3v) is 2.59. The molecule has 7 nitrogen and oxygen atoms in total. The number of pyridine rings is 1. The van der Waals surface area contributed by atoms with E-state index in [1.807, 2.05) is 12.1 Å². The van der Waals surface area contributed by atoms with Gasteiger partial charge in [0.2, 0.25) is 0 Å². The molecule has 0 unspecified atom stereocenters. The van der Waals surface area contributed by atoms with Crippen LogP contribution >= 0.6 is 0 Å². The quantitative estimate of drug-likeness (QED) is 0.688. The van der Waals surface area contributed by atoms with Crippen LogP contribution in [0.15, 0.2) is 34.1 Å². The van der Waals surface area contributed by atoms with Crippen LogP contribution in [0, 0.1) is 0 Å². The highest BCUT2D eigenvalue weighted by atomic mass is 16.2. The monoisotopic (exact) mass is 247 g/mol. The molecule has 0 amide bonds. The van der Waals surface area contributed by atoms with Crippen molar-refractivity contribution in [1.82, 2.24) is 14.5 Å². The number of nitrogens with one attached hydrogen (secondary N) is 2. The molecule has 0 aliphatic rings. The summed E-state index contributed by atoms with van der Waals surface area (Å²) in [6, 6.07) is 3.64. The lowest BCUT2D eigenvalue weighted by atomic mass is 10.2. The summed E-state index contributed by atoms with van der Waals surface area (Å²) < 4.78 is 1.18. The van der Waals surface area contributed by atoms with Crippen molar-refractivity contribution in [2.24, 2.45) is 7.05 Å². The van der Waals surface area contributed by atoms with Crippen molar-refractivity contribution in [2.45, 2.75) is 6.54 Å². The summed E-state index contributed by atoms with van der Waals surface area (Å²) in [4.78, 5) is 29.0. The fraction of sp³-hybridized carbons (Fsp3) is 0.182. The molecule has 0 fully saturated rings. The Morgan fingerprint density at radius 3 is 2.72 bits per heavy atom. The first kappa shape index (κ1) is 11.9. The fourth-order valence-electron chi connectivity index (χ4n) is 1.50. The zero-order valence-electron chi connectivity index (χ0n) is 9.80. The number of rotatable bonds is 3. The number of nitrogen functional groups attached to an aromatic ring is 1. The van der Waals surface area contributed by atoms with Crippen molar-refractivity contribution in [3.63, 3.8) is 0 Å². The van der Waals surface area contributed by atoms with E-state index in [1.54, 1.807) is 12.4 Å². The topological polar surface area (TPSA) is 106 Å². The van der Waals surface area contributed by atoms with Gasteiger partial charge in [0.15, 0.2) is 0 Å². The molecule has 0 radical (unpaired) electrons. The number of nitrogens with zero attached hydrogens (tertiary/aromatic N) is 2. The molecule has 0 saturated heterocycles. The normalized spacial score (nSPS) is 10.3. The fourth-order valence-corrected chi connectivity index (χ4v) is 1.50. The van der Waals surface area contributed by atoms with Gasteiger partial charge in [-0.05, 0) is 17.7 Å². The Bertz CT molecular complexity index is 659. The van der Waals surface area contributed by atoms with Crippen LogP contribution in [0.1, 0.15) is 5.56 Å². The molecular weight excluding hydrogens is 234 g/mol. The van der Waals surface area contributed by atoms with Crippen LogP contribution < -0.4 is 22.3 Å². The van der Waals surface area contributed by atoms with E-state index < -0.39 is 11.2 Å². The SMILES string of the molecule is Cn1c(N)c(NCc2ccncc2)c(=O)[nH]c1=O. The highest BCUT2D eigenvalue weighted by molar-refractivity contribution is 5.60. The lowest BCUT2D eigenvalue weighted by Gasteiger charge is -2.10. The van der Waals surface area contributed by atoms with E-state index in [9.17, 15) is 9.59 Å². The van der Waals surface area contributed by atoms with E-state index >= 15 is 0 Å². The van der Waals surface area contributed by atoms with E-state index in [0.29, 0.717) is 6.54 Å². The number of aromatic amines is 1. The van der Waals surface area contributed by atoms with E-state index in [0.717, 1.165) is 5.56 Å². The minimum atomic E-state index is -0.535. The maximum absolute atomic E-state index is 11.6. The molecule has 0 aromatic carbocycles. The predicted molar refractivity (Wildman–Crippen MR) is 68.3 cm³/mol. The van der Waals surface area contributed by atoms with Gasteiger partial charge < -0.3 is 11.1 Å². The van der Waals surface area contributed by atoms with Crippen LogP contribution in [-0.2, 0) is 13.6 Å². The highest BCUT2D eigenvalue weighted by Crippen LogP contribution is 2.10. The Balaban J connectivity index is 2.28. The second-order valence-corrected chi connectivity index (χ2v) is 3.79. The number of anilines is 2. The summed E-state index contributed by atoms with van der Waals surface area (Å²) in [6.45, 7) is 0.425. The first-order valence-corrected chi connectivity index (χ1v) is 5.31. The van der Waals surface area contributed by atoms with Gasteiger partial charge in [-0.1, -0.05) is 0 Å². The number of H-pyrrole nitrogens is 1. The first-order valence-electron chi connectivity index (χ1n) is 5.31. The van der Waals surface area contributed by atoms with Gasteiger partial charge in [-0.15, -0.1) is 0 Å². The van der Waals surface area contributed by atoms with Crippen molar-refractivity contribution >= 4 is 11.5 Å². The van der Waals surface area contributed by atoms with E-state index in [1.165, 1.54) is 11.6 Å². The molecule has 94 valence electrons. The standard InChI is InChI=1S/C11H13N5O2/c1-16-9(12)8(10(17)15-11(16)18)14-6-7-2-4-13-5-3-7/h2-5,14H,6,12H2,1H3,(H,15,17,18). The van der Waals surface area contributed by atoms with E-state index in [2.05, 4.69) is 15.3 Å². The summed E-state index contributed by atoms with van der Waals surface area (Å²) in [5.41, 5.74) is 5.80. The van der Waals surface area contributed by atoms with Crippen molar-refractivity contribution in [2.75, 3.05) is 11.1 Å². The van der Waals surface area contributed by atoms with Gasteiger partial charge in [-0.3, -0.25) is 19.3 Å². The number of aromatic nitrogens is 3. The van der Waals surface area contributed by atoms with Crippen molar-refractivity contribution < 1.29 is 0 Å². The van der Waals surface area contributed by atoms with Crippen LogP contribution in [0.5, 0.6) is 0 Å². The van der Waals surface area contributed by atoms with Gasteiger partial charge in [-0.25, -0.2) is 4.79 Å². The summed E-state index contributed by atoms with van der Waals surface area (Å²) >= 11 is 0. The molecule has 0 aliphatic heterocycles. The average molecular weight is 247 g/mol. The summed E-state index contributed by atoms with van der Waals surface area (Å²) in [7, 11) is 1.49. The van der Waals surface area contributed by atoms with Crippen LogP contribution in [0.4, 0.5) is 11.5 Å². The van der Waals surface area contributed by atoms with Crippen molar-refractivity contribution in [3.05, 3.63) is 50.9 Å². The van der Waals surface area contributed by atoms with Gasteiger partial charge in [0.25, 0.3) is 5.56 Å². The Labute approximate surface area is 102 Å². The summed E-state index contributed by atoms with van der Waals surface area (Å²) in [5, 5.41) is 2.91. The second-order valence-electron chi connectivity index (χ2n) is 3.79. The molecule has 4 N–H and O–H groups in total. The molecule has 0 aliphatic carbocycles. The van der Waals surface area contributed by atoms with Crippen molar-refractivity contribution in [1.29, 1.82) is 0 Å². The molecule has 0 spiro atoms. The van der Waals surface area contributed by atoms with E-state index in [4.69, 9.17) is 5.73 Å². The molecule has 18 heavy (non-hydrogen) atoms. The molecule has 2 aromatic rings. The van der Waals surface area contributed by atoms with E-state index in [-0.39, 0.29) is 11.5 Å². The van der Waals surface area contributed by atoms with Crippen LogP contribution in [-0.4, -0.2) is 14.5 Å². The third kappa shape index (κ3) is 2.24. The molecule has 2 rings (SSSR count). The molecule has 7 heteroatoms. The molecule has 2 heterocycles. The Morgan fingerprint density at radius 2 is 2.06 bits per heavy atom. The lowest BCUT2D eigenvalue weighted by Crippen LogP contribution is -2.32. The Morgan fingerprint density at radius 1 is 1.39 bits per heavy atom. The summed E-state index contributed by atoms with van der Waals surface area (Å²) in [5.74, 6) is 0.109. The van der Waals surface area contributed by atoms with Gasteiger partial charge in [0, 0.05) is 26.0 Å². The molecular formula is C11H13N5O2. The highest BCUT2D eigenvalue weighted by Gasteiger charge is 2.08. The summed E-state index contributed by atoms with van der Waals surface area (Å²) in [6.07, 6.45) is 3.32. The number of hydrogen-bond donors (Lipinski definition) is 3. The largest absolute Gasteiger partial charge is 0.383 e. The molecule has 2 aromatic heterocycles. The predicted octanol–water partition coefficient (Wildman–Crippen LogP) is -0.337. The first-order chi connectivity index (χ1) is 8.59. The number of hydrogen-bond acceptors (Lipinski definition) is 5. The average Bonchev–Trinajstić information content (AvgIpc) is 2.37. The van der Waals surface area contributed by atoms with Gasteiger partial charge in [0.1, 0.15) is 11.5 Å². The molecule has 0 bridgehead atoms. The second kappa shape index (κ2) is 4.74. The zero-order valence-corrected chi connectivity index (χ0v) is 9.80. The van der Waals surface area contributed by atoms with Crippen molar-refractivity contribution in [3.8, 4) is 0 Å². The maximum Gasteiger partial charge on any atom is 0.329 e. The Kier molecular flexibility index (Phi) is 3.13. The zero-order chi connectivity index (χ0) is 13.1. The van der Waals surface area contributed by atoms with Gasteiger partial charge in [-0.2, -0.15) is 0 Å². The molecule has 0 atom stereocenters.